The highest BCUT2D eigenvalue weighted by Crippen LogP contribution is 2.39. The quantitative estimate of drug-likeness (QED) is 0.449. The number of hydrogen-bond donors (Lipinski definition) is 2. The fourth-order valence-electron chi connectivity index (χ4n) is 2.08. The molecule has 0 aliphatic heterocycles. The topological polar surface area (TPSA) is 83.5 Å². The van der Waals surface area contributed by atoms with Gasteiger partial charge in [-0.1, -0.05) is 6.07 Å². The van der Waals surface area contributed by atoms with Crippen molar-refractivity contribution in [1.29, 1.82) is 0 Å². The van der Waals surface area contributed by atoms with Crippen molar-refractivity contribution in [2.24, 2.45) is 0 Å². The minimum absolute atomic E-state index is 0.0240. The van der Waals surface area contributed by atoms with Gasteiger partial charge in [-0.05, 0) is 55.3 Å². The van der Waals surface area contributed by atoms with Gasteiger partial charge in [0.15, 0.2) is 5.78 Å². The summed E-state index contributed by atoms with van der Waals surface area (Å²) in [6, 6.07) is 4.77. The van der Waals surface area contributed by atoms with Gasteiger partial charge in [0.1, 0.15) is 9.96 Å². The smallest absolute Gasteiger partial charge is 0.271 e. The van der Waals surface area contributed by atoms with Gasteiger partial charge < -0.3 is 5.11 Å². The van der Waals surface area contributed by atoms with Crippen LogP contribution in [0.2, 0.25) is 0 Å². The molecule has 0 spiro atoms. The van der Waals surface area contributed by atoms with Crippen LogP contribution in [0.5, 0.6) is 5.75 Å². The van der Waals surface area contributed by atoms with Gasteiger partial charge in [-0.25, -0.2) is 8.42 Å². The van der Waals surface area contributed by atoms with Gasteiger partial charge in [-0.3, -0.25) is 9.52 Å². The highest BCUT2D eigenvalue weighted by Gasteiger charge is 2.20. The summed E-state index contributed by atoms with van der Waals surface area (Å²) >= 11 is 2.41. The molecule has 2 N–H and O–H groups in total. The highest BCUT2D eigenvalue weighted by atomic mass is 32.2. The van der Waals surface area contributed by atoms with Crippen LogP contribution < -0.4 is 4.72 Å². The van der Waals surface area contributed by atoms with Crippen molar-refractivity contribution in [1.82, 2.24) is 0 Å². The molecule has 0 radical (unpaired) electrons. The first-order chi connectivity index (χ1) is 11.3. The number of phenolic OH excluding ortho intramolecular Hbond substituents is 1. The van der Waals surface area contributed by atoms with Gasteiger partial charge in [0, 0.05) is 10.5 Å². The number of aromatic hydroxyl groups is 1. The number of carbonyl (C=O) groups excluding carboxylic acids is 1. The Morgan fingerprint density at radius 2 is 2.12 bits per heavy atom. The van der Waals surface area contributed by atoms with Crippen molar-refractivity contribution in [3.05, 3.63) is 40.8 Å². The fourth-order valence-corrected chi connectivity index (χ4v) is 4.91. The Morgan fingerprint density at radius 3 is 2.67 bits per heavy atom. The summed E-state index contributed by atoms with van der Waals surface area (Å²) in [4.78, 5) is 11.7. The Labute approximate surface area is 149 Å². The normalized spacial score (nSPS) is 11.8. The number of nitrogens with one attached hydrogen (secondary N) is 1. The lowest BCUT2D eigenvalue weighted by molar-refractivity contribution is -0.112. The summed E-state index contributed by atoms with van der Waals surface area (Å²) in [5.74, 6) is -0.139. The van der Waals surface area contributed by atoms with E-state index in [4.69, 9.17) is 0 Å². The first-order valence-electron chi connectivity index (χ1n) is 6.91. The third kappa shape index (κ3) is 4.00. The molecule has 1 aromatic carbocycles. The van der Waals surface area contributed by atoms with Crippen molar-refractivity contribution in [3.63, 3.8) is 0 Å². The molecule has 1 heterocycles. The molecule has 0 atom stereocenters. The van der Waals surface area contributed by atoms with Gasteiger partial charge in [0.05, 0.1) is 5.69 Å². The van der Waals surface area contributed by atoms with Gasteiger partial charge in [0.25, 0.3) is 10.0 Å². The molecule has 0 saturated heterocycles. The molecule has 0 fully saturated rings. The van der Waals surface area contributed by atoms with Crippen molar-refractivity contribution < 1.29 is 18.3 Å². The Kier molecular flexibility index (Phi) is 5.74. The predicted molar refractivity (Wildman–Crippen MR) is 99.5 cm³/mol. The lowest BCUT2D eigenvalue weighted by Crippen LogP contribution is -2.12. The second-order valence-electron chi connectivity index (χ2n) is 5.02. The largest absolute Gasteiger partial charge is 0.507 e. The number of rotatable bonds is 6. The number of anilines is 1. The van der Waals surface area contributed by atoms with Gasteiger partial charge in [-0.2, -0.15) is 0 Å². The number of allylic oxidation sites excluding steroid dienone is 1. The lowest BCUT2D eigenvalue weighted by atomic mass is 10.1. The molecule has 24 heavy (non-hydrogen) atoms. The summed E-state index contributed by atoms with van der Waals surface area (Å²) in [6.07, 6.45) is 4.61. The predicted octanol–water partition coefficient (Wildman–Crippen LogP) is 3.89. The van der Waals surface area contributed by atoms with E-state index in [0.29, 0.717) is 21.7 Å². The summed E-state index contributed by atoms with van der Waals surface area (Å²) in [5, 5.41) is 12.0. The molecule has 128 valence electrons. The summed E-state index contributed by atoms with van der Waals surface area (Å²) in [7, 11) is -3.70. The van der Waals surface area contributed by atoms with Gasteiger partial charge in [-0.15, -0.1) is 23.1 Å². The molecule has 0 amide bonds. The standard InChI is InChI=1S/C16H17NO4S3/c1-10-9-13(17-24(20,21)14-5-4-8-23-14)16(22-3)12(15(10)19)7-6-11(2)18/h4-9,17,19H,1-3H3/b7-6+. The summed E-state index contributed by atoms with van der Waals surface area (Å²) in [6.45, 7) is 3.08. The van der Waals surface area contributed by atoms with E-state index in [1.807, 2.05) is 0 Å². The average Bonchev–Trinajstić information content (AvgIpc) is 3.04. The third-order valence-corrected chi connectivity index (χ3v) is 6.78. The van der Waals surface area contributed by atoms with Crippen molar-refractivity contribution in [3.8, 4) is 5.75 Å². The number of thiophene rings is 1. The minimum Gasteiger partial charge on any atom is -0.507 e. The van der Waals surface area contributed by atoms with Crippen LogP contribution in [-0.4, -0.2) is 25.6 Å². The van der Waals surface area contributed by atoms with Crippen LogP contribution in [0.25, 0.3) is 6.08 Å². The van der Waals surface area contributed by atoms with Crippen molar-refractivity contribution >= 4 is 50.7 Å². The lowest BCUT2D eigenvalue weighted by Gasteiger charge is -2.16. The van der Waals surface area contributed by atoms with Crippen LogP contribution in [0.3, 0.4) is 0 Å². The average molecular weight is 384 g/mol. The molecule has 5 nitrogen and oxygen atoms in total. The second-order valence-corrected chi connectivity index (χ2v) is 8.69. The van der Waals surface area contributed by atoms with Crippen LogP contribution in [0.1, 0.15) is 18.1 Å². The molecule has 1 aromatic heterocycles. The molecule has 0 unspecified atom stereocenters. The Hall–Kier alpha value is -1.77. The Bertz CT molecular complexity index is 885. The van der Waals surface area contributed by atoms with Crippen LogP contribution in [0, 0.1) is 6.92 Å². The molecule has 8 heteroatoms. The zero-order valence-corrected chi connectivity index (χ0v) is 15.8. The summed E-state index contributed by atoms with van der Waals surface area (Å²) < 4.78 is 27.7. The number of thioether (sulfide) groups is 1. The number of carbonyl (C=O) groups is 1. The maximum absolute atomic E-state index is 12.5. The van der Waals surface area contributed by atoms with Crippen molar-refractivity contribution in [2.45, 2.75) is 23.0 Å². The van der Waals surface area contributed by atoms with E-state index in [9.17, 15) is 18.3 Å². The van der Waals surface area contributed by atoms with E-state index >= 15 is 0 Å². The molecular formula is C16H17NO4S3. The Morgan fingerprint density at radius 1 is 1.42 bits per heavy atom. The maximum Gasteiger partial charge on any atom is 0.271 e. The van der Waals surface area contributed by atoms with E-state index in [0.717, 1.165) is 11.3 Å². The first-order valence-corrected chi connectivity index (χ1v) is 10.5. The van der Waals surface area contributed by atoms with Gasteiger partial charge >= 0.3 is 0 Å². The highest BCUT2D eigenvalue weighted by molar-refractivity contribution is 7.99. The Balaban J connectivity index is 2.56. The number of hydrogen-bond acceptors (Lipinski definition) is 6. The molecule has 0 saturated carbocycles. The van der Waals surface area contributed by atoms with Crippen LogP contribution in [0.15, 0.2) is 38.8 Å². The van der Waals surface area contributed by atoms with Gasteiger partial charge in [0.2, 0.25) is 0 Å². The summed E-state index contributed by atoms with van der Waals surface area (Å²) in [5.41, 5.74) is 1.30. The zero-order chi connectivity index (χ0) is 17.9. The molecule has 0 aliphatic carbocycles. The van der Waals surface area contributed by atoms with E-state index in [-0.39, 0.29) is 15.7 Å². The number of ketones is 1. The molecule has 2 rings (SSSR count). The zero-order valence-electron chi connectivity index (χ0n) is 13.4. The monoisotopic (exact) mass is 383 g/mol. The SMILES string of the molecule is CSc1c(NS(=O)(=O)c2cccs2)cc(C)c(O)c1/C=C/C(C)=O. The fraction of sp³-hybridized carbons (Fsp3) is 0.188. The maximum atomic E-state index is 12.5. The molecular weight excluding hydrogens is 366 g/mol. The molecule has 2 aromatic rings. The number of aryl methyl sites for hydroxylation is 1. The van der Waals surface area contributed by atoms with Crippen molar-refractivity contribution in [2.75, 3.05) is 11.0 Å². The van der Waals surface area contributed by atoms with E-state index < -0.39 is 10.0 Å². The van der Waals surface area contributed by atoms with E-state index in [1.54, 1.807) is 30.7 Å². The molecule has 0 aliphatic rings. The number of benzene rings is 1. The van der Waals surface area contributed by atoms with Crippen LogP contribution in [-0.2, 0) is 14.8 Å². The molecule has 0 bridgehead atoms. The number of phenols is 1. The van der Waals surface area contributed by atoms with Crippen LogP contribution >= 0.6 is 23.1 Å². The minimum atomic E-state index is -3.70. The third-order valence-electron chi connectivity index (χ3n) is 3.17. The number of sulfonamides is 1. The van der Waals surface area contributed by atoms with Crippen LogP contribution in [0.4, 0.5) is 5.69 Å². The second kappa shape index (κ2) is 7.42. The van der Waals surface area contributed by atoms with E-state index in [1.165, 1.54) is 36.9 Å². The first kappa shape index (κ1) is 18.6. The van der Waals surface area contributed by atoms with E-state index in [2.05, 4.69) is 4.72 Å².